The molecule has 0 aliphatic carbocycles. The number of rotatable bonds is 5. The van der Waals surface area contributed by atoms with E-state index in [0.717, 1.165) is 16.3 Å². The molecule has 0 unspecified atom stereocenters. The van der Waals surface area contributed by atoms with Crippen molar-refractivity contribution in [3.63, 3.8) is 0 Å². The molecule has 0 bridgehead atoms. The Balaban J connectivity index is 1.52. The van der Waals surface area contributed by atoms with Gasteiger partial charge in [0.15, 0.2) is 0 Å². The first-order valence-corrected chi connectivity index (χ1v) is 10.3. The topological polar surface area (TPSA) is 45.2 Å². The molecule has 0 saturated carbocycles. The number of carbonyl (C=O) groups is 1. The molecule has 1 saturated heterocycles. The van der Waals surface area contributed by atoms with Crippen molar-refractivity contribution in [1.82, 2.24) is 9.88 Å². The van der Waals surface area contributed by atoms with E-state index < -0.39 is 0 Å². The van der Waals surface area contributed by atoms with Crippen LogP contribution in [0.15, 0.2) is 53.9 Å². The number of anilines is 1. The van der Waals surface area contributed by atoms with Crippen LogP contribution in [0.1, 0.15) is 28.7 Å². The van der Waals surface area contributed by atoms with E-state index in [4.69, 9.17) is 0 Å². The number of nitrogens with one attached hydrogen (secondary N) is 1. The lowest BCUT2D eigenvalue weighted by Gasteiger charge is -2.23. The first-order valence-electron chi connectivity index (χ1n) is 9.45. The molecule has 1 aliphatic heterocycles. The third-order valence-electron chi connectivity index (χ3n) is 5.17. The van der Waals surface area contributed by atoms with E-state index in [2.05, 4.69) is 15.2 Å². The van der Waals surface area contributed by atoms with Gasteiger partial charge in [-0.05, 0) is 55.3 Å². The largest absolute Gasteiger partial charge is 0.326 e. The van der Waals surface area contributed by atoms with Gasteiger partial charge in [0.25, 0.3) is 0 Å². The van der Waals surface area contributed by atoms with Gasteiger partial charge < -0.3 is 5.32 Å². The normalized spacial score (nSPS) is 19.4. The van der Waals surface area contributed by atoms with Gasteiger partial charge in [-0.25, -0.2) is 13.8 Å². The van der Waals surface area contributed by atoms with E-state index in [1.807, 2.05) is 12.3 Å². The lowest BCUT2D eigenvalue weighted by Crippen LogP contribution is -2.27. The molecule has 1 aromatic heterocycles. The van der Waals surface area contributed by atoms with Crippen LogP contribution in [0, 0.1) is 24.5 Å². The minimum Gasteiger partial charge on any atom is -0.326 e. The number of aryl methyl sites for hydroxylation is 1. The van der Waals surface area contributed by atoms with Crippen molar-refractivity contribution in [2.75, 3.05) is 11.9 Å². The second-order valence-corrected chi connectivity index (χ2v) is 8.35. The first kappa shape index (κ1) is 19.7. The second-order valence-electron chi connectivity index (χ2n) is 7.28. The summed E-state index contributed by atoms with van der Waals surface area (Å²) in [4.78, 5) is 19.6. The number of likely N-dealkylation sites (tertiary alicyclic amines) is 1. The fourth-order valence-electron chi connectivity index (χ4n) is 3.77. The monoisotopic (exact) mass is 413 g/mol. The summed E-state index contributed by atoms with van der Waals surface area (Å²) < 4.78 is 26.5. The zero-order valence-electron chi connectivity index (χ0n) is 15.9. The Kier molecular flexibility index (Phi) is 5.69. The fourth-order valence-corrected chi connectivity index (χ4v) is 4.37. The molecule has 1 fully saturated rings. The Hall–Kier alpha value is -2.64. The third-order valence-corrected chi connectivity index (χ3v) is 5.99. The van der Waals surface area contributed by atoms with E-state index in [-0.39, 0.29) is 29.5 Å². The maximum Gasteiger partial charge on any atom is 0.228 e. The fraction of sp³-hybridized carbons (Fsp3) is 0.273. The van der Waals surface area contributed by atoms with Gasteiger partial charge in [0.1, 0.15) is 11.6 Å². The number of benzene rings is 2. The first-order chi connectivity index (χ1) is 14.0. The summed E-state index contributed by atoms with van der Waals surface area (Å²) in [5.74, 6) is -0.945. The van der Waals surface area contributed by atoms with Crippen molar-refractivity contribution in [2.45, 2.75) is 25.9 Å². The average Bonchev–Trinajstić information content (AvgIpc) is 3.31. The number of hydrogen-bond donors (Lipinski definition) is 1. The zero-order valence-corrected chi connectivity index (χ0v) is 16.8. The summed E-state index contributed by atoms with van der Waals surface area (Å²) in [5.41, 5.74) is 2.53. The van der Waals surface area contributed by atoms with Gasteiger partial charge in [-0.2, -0.15) is 0 Å². The molecule has 4 rings (SSSR count). The summed E-state index contributed by atoms with van der Waals surface area (Å²) in [6.07, 6.45) is 0.627. The molecule has 1 aliphatic rings. The molecular formula is C22H21F2N3OS. The van der Waals surface area contributed by atoms with E-state index >= 15 is 0 Å². The molecule has 3 aromatic rings. The van der Waals surface area contributed by atoms with Crippen LogP contribution in [0.25, 0.3) is 0 Å². The molecular weight excluding hydrogens is 392 g/mol. The van der Waals surface area contributed by atoms with Crippen LogP contribution in [-0.2, 0) is 11.3 Å². The highest BCUT2D eigenvalue weighted by atomic mass is 32.1. The van der Waals surface area contributed by atoms with Gasteiger partial charge in [0, 0.05) is 30.2 Å². The minimum absolute atomic E-state index is 0.00146. The van der Waals surface area contributed by atoms with Gasteiger partial charge in [0.2, 0.25) is 5.91 Å². The molecule has 150 valence electrons. The highest BCUT2D eigenvalue weighted by molar-refractivity contribution is 7.09. The predicted molar refractivity (Wildman–Crippen MR) is 110 cm³/mol. The summed E-state index contributed by atoms with van der Waals surface area (Å²) in [5, 5.41) is 5.91. The van der Waals surface area contributed by atoms with Crippen molar-refractivity contribution >= 4 is 22.9 Å². The van der Waals surface area contributed by atoms with Gasteiger partial charge in [-0.15, -0.1) is 11.3 Å². The molecule has 0 spiro atoms. The number of nitrogens with zero attached hydrogens (tertiary/aromatic N) is 2. The Labute approximate surface area is 172 Å². The quantitative estimate of drug-likeness (QED) is 0.645. The minimum atomic E-state index is -0.343. The molecule has 2 heterocycles. The zero-order chi connectivity index (χ0) is 20.4. The third kappa shape index (κ3) is 4.68. The lowest BCUT2D eigenvalue weighted by molar-refractivity contribution is -0.119. The Bertz CT molecular complexity index is 988. The highest BCUT2D eigenvalue weighted by Crippen LogP contribution is 2.37. The van der Waals surface area contributed by atoms with E-state index in [0.29, 0.717) is 25.2 Å². The standard InChI is InChI=1S/C22H21F2N3OS/c1-14-25-20(13-29-14)12-27-11-16(10-21(27)15-2-4-17(23)5-3-15)22(28)26-19-8-6-18(24)7-9-19/h2-9,13,16,21H,10-12H2,1H3,(H,26,28)/t16-,21-/m1/s1. The Morgan fingerprint density at radius 1 is 1.14 bits per heavy atom. The van der Waals surface area contributed by atoms with Gasteiger partial charge in [-0.3, -0.25) is 9.69 Å². The van der Waals surface area contributed by atoms with Gasteiger partial charge in [-0.1, -0.05) is 12.1 Å². The summed E-state index contributed by atoms with van der Waals surface area (Å²) >= 11 is 1.60. The molecule has 2 atom stereocenters. The summed E-state index contributed by atoms with van der Waals surface area (Å²) in [6.45, 7) is 3.17. The number of thiazole rings is 1. The SMILES string of the molecule is Cc1nc(CN2C[C@H](C(=O)Nc3ccc(F)cc3)C[C@@H]2c2ccc(F)cc2)cs1. The van der Waals surface area contributed by atoms with Crippen LogP contribution in [0.3, 0.4) is 0 Å². The van der Waals surface area contributed by atoms with E-state index in [1.165, 1.54) is 24.3 Å². The van der Waals surface area contributed by atoms with E-state index in [1.54, 1.807) is 35.6 Å². The van der Waals surface area contributed by atoms with Gasteiger partial charge >= 0.3 is 0 Å². The number of halogens is 2. The van der Waals surface area contributed by atoms with Crippen molar-refractivity contribution in [1.29, 1.82) is 0 Å². The second kappa shape index (κ2) is 8.39. The summed E-state index contributed by atoms with van der Waals surface area (Å²) in [6, 6.07) is 12.2. The van der Waals surface area contributed by atoms with Crippen LogP contribution in [0.4, 0.5) is 14.5 Å². The predicted octanol–water partition coefficient (Wildman–Crippen LogP) is 4.93. The van der Waals surface area contributed by atoms with Crippen LogP contribution in [0.5, 0.6) is 0 Å². The van der Waals surface area contributed by atoms with Crippen molar-refractivity contribution in [3.05, 3.63) is 81.8 Å². The van der Waals surface area contributed by atoms with Crippen LogP contribution >= 0.6 is 11.3 Å². The maximum atomic E-state index is 13.4. The molecule has 2 aromatic carbocycles. The molecule has 0 radical (unpaired) electrons. The average molecular weight is 413 g/mol. The molecule has 4 nitrogen and oxygen atoms in total. The smallest absolute Gasteiger partial charge is 0.228 e. The number of aromatic nitrogens is 1. The van der Waals surface area contributed by atoms with Crippen LogP contribution in [0.2, 0.25) is 0 Å². The van der Waals surface area contributed by atoms with Crippen molar-refractivity contribution in [2.24, 2.45) is 5.92 Å². The van der Waals surface area contributed by atoms with Crippen molar-refractivity contribution in [3.8, 4) is 0 Å². The molecule has 7 heteroatoms. The number of carbonyl (C=O) groups excluding carboxylic acids is 1. The maximum absolute atomic E-state index is 13.4. The Morgan fingerprint density at radius 3 is 2.41 bits per heavy atom. The van der Waals surface area contributed by atoms with Crippen molar-refractivity contribution < 1.29 is 13.6 Å². The molecule has 29 heavy (non-hydrogen) atoms. The highest BCUT2D eigenvalue weighted by Gasteiger charge is 2.37. The van der Waals surface area contributed by atoms with E-state index in [9.17, 15) is 13.6 Å². The molecule has 1 amide bonds. The number of hydrogen-bond acceptors (Lipinski definition) is 4. The molecule has 1 N–H and O–H groups in total. The number of amides is 1. The van der Waals surface area contributed by atoms with Crippen LogP contribution < -0.4 is 5.32 Å². The van der Waals surface area contributed by atoms with Gasteiger partial charge in [0.05, 0.1) is 16.6 Å². The Morgan fingerprint density at radius 2 is 1.79 bits per heavy atom. The summed E-state index contributed by atoms with van der Waals surface area (Å²) in [7, 11) is 0. The van der Waals surface area contributed by atoms with Crippen LogP contribution in [-0.4, -0.2) is 22.3 Å². The lowest BCUT2D eigenvalue weighted by atomic mass is 9.99.